The van der Waals surface area contributed by atoms with Gasteiger partial charge in [0.15, 0.2) is 0 Å². The van der Waals surface area contributed by atoms with Crippen LogP contribution in [0.2, 0.25) is 0 Å². The second kappa shape index (κ2) is 5.04. The van der Waals surface area contributed by atoms with E-state index in [1.165, 1.54) is 0 Å². The molecule has 0 fully saturated rings. The molecule has 0 aromatic carbocycles. The molecule has 0 bridgehead atoms. The summed E-state index contributed by atoms with van der Waals surface area (Å²) >= 11 is 0. The molecule has 0 aromatic rings. The van der Waals surface area contributed by atoms with Crippen LogP contribution in [0.1, 0.15) is 20.8 Å². The lowest BCUT2D eigenvalue weighted by Gasteiger charge is -2.34. The van der Waals surface area contributed by atoms with E-state index in [2.05, 4.69) is 0 Å². The van der Waals surface area contributed by atoms with E-state index in [1.54, 1.807) is 0 Å². The zero-order chi connectivity index (χ0) is 11.5. The Bertz CT molecular complexity index is 170. The van der Waals surface area contributed by atoms with Gasteiger partial charge in [0.1, 0.15) is 6.10 Å². The topological polar surface area (TPSA) is 113 Å². The quantitative estimate of drug-likeness (QED) is 0.380. The molecule has 5 nitrogen and oxygen atoms in total. The van der Waals surface area contributed by atoms with E-state index in [1.807, 2.05) is 20.8 Å². The smallest absolute Gasteiger partial charge is 0.108 e. The number of rotatable bonds is 4. The lowest BCUT2D eigenvalue weighted by Crippen LogP contribution is -2.54. The van der Waals surface area contributed by atoms with Gasteiger partial charge in [0, 0.05) is 12.6 Å². The van der Waals surface area contributed by atoms with E-state index in [0.717, 1.165) is 0 Å². The molecule has 86 valence electrons. The lowest BCUT2D eigenvalue weighted by molar-refractivity contribution is -0.0764. The van der Waals surface area contributed by atoms with Gasteiger partial charge in [-0.1, -0.05) is 20.8 Å². The molecule has 0 aromatic heterocycles. The molecule has 4 atom stereocenters. The average Bonchev–Trinajstić information content (AvgIpc) is 2.11. The van der Waals surface area contributed by atoms with Crippen molar-refractivity contribution in [3.8, 4) is 0 Å². The Balaban J connectivity index is 4.38. The standard InChI is InChI=1S/C9H22N2O3/c1-9(2,3)8(11)7(14)6(13)5(12)4-10/h5-8,12-14H,4,10-11H2,1-3H3/t5-,6+,7+,8-/m0/s1. The van der Waals surface area contributed by atoms with Crippen molar-refractivity contribution < 1.29 is 15.3 Å². The number of nitrogens with two attached hydrogens (primary N) is 2. The fourth-order valence-electron chi connectivity index (χ4n) is 1.09. The van der Waals surface area contributed by atoms with Crippen LogP contribution in [0.3, 0.4) is 0 Å². The van der Waals surface area contributed by atoms with Gasteiger partial charge in [-0.05, 0) is 5.41 Å². The monoisotopic (exact) mass is 206 g/mol. The SMILES string of the molecule is CC(C)(C)[C@@H](N)[C@H](O)[C@H](O)[C@@H](O)CN. The molecular weight excluding hydrogens is 184 g/mol. The van der Waals surface area contributed by atoms with Crippen LogP contribution in [0.15, 0.2) is 0 Å². The minimum Gasteiger partial charge on any atom is -0.389 e. The maximum atomic E-state index is 9.63. The van der Waals surface area contributed by atoms with Gasteiger partial charge in [-0.15, -0.1) is 0 Å². The minimum atomic E-state index is -1.30. The second-order valence-corrected chi connectivity index (χ2v) is 4.68. The van der Waals surface area contributed by atoms with Crippen molar-refractivity contribution in [1.29, 1.82) is 0 Å². The molecule has 14 heavy (non-hydrogen) atoms. The number of hydrogen-bond donors (Lipinski definition) is 5. The lowest BCUT2D eigenvalue weighted by atomic mass is 9.81. The fraction of sp³-hybridized carbons (Fsp3) is 1.00. The van der Waals surface area contributed by atoms with Gasteiger partial charge in [-0.3, -0.25) is 0 Å². The van der Waals surface area contributed by atoms with Crippen LogP contribution in [0.5, 0.6) is 0 Å². The van der Waals surface area contributed by atoms with E-state index >= 15 is 0 Å². The van der Waals surface area contributed by atoms with Crippen LogP contribution in [-0.2, 0) is 0 Å². The zero-order valence-corrected chi connectivity index (χ0v) is 9.01. The van der Waals surface area contributed by atoms with Gasteiger partial charge in [0.2, 0.25) is 0 Å². The van der Waals surface area contributed by atoms with Crippen molar-refractivity contribution >= 4 is 0 Å². The summed E-state index contributed by atoms with van der Waals surface area (Å²) < 4.78 is 0. The van der Waals surface area contributed by atoms with Crippen molar-refractivity contribution in [1.82, 2.24) is 0 Å². The Labute approximate surface area is 84.7 Å². The molecule has 0 radical (unpaired) electrons. The molecule has 0 amide bonds. The number of aliphatic hydroxyl groups is 3. The summed E-state index contributed by atoms with van der Waals surface area (Å²) in [7, 11) is 0. The van der Waals surface area contributed by atoms with Crippen LogP contribution < -0.4 is 11.5 Å². The number of aliphatic hydroxyl groups excluding tert-OH is 3. The molecule has 0 unspecified atom stereocenters. The van der Waals surface area contributed by atoms with Crippen LogP contribution in [0.4, 0.5) is 0 Å². The molecule has 0 rings (SSSR count). The van der Waals surface area contributed by atoms with Gasteiger partial charge in [0.25, 0.3) is 0 Å². The van der Waals surface area contributed by atoms with Crippen LogP contribution in [0.25, 0.3) is 0 Å². The van der Waals surface area contributed by atoms with Crippen LogP contribution in [-0.4, -0.2) is 46.2 Å². The van der Waals surface area contributed by atoms with Crippen LogP contribution >= 0.6 is 0 Å². The molecular formula is C9H22N2O3. The highest BCUT2D eigenvalue weighted by molar-refractivity contribution is 4.90. The third kappa shape index (κ3) is 3.51. The highest BCUT2D eigenvalue weighted by atomic mass is 16.4. The molecule has 7 N–H and O–H groups in total. The maximum absolute atomic E-state index is 9.63. The van der Waals surface area contributed by atoms with Crippen molar-refractivity contribution in [3.63, 3.8) is 0 Å². The normalized spacial score (nSPS) is 21.4. The van der Waals surface area contributed by atoms with Crippen molar-refractivity contribution in [2.45, 2.75) is 45.1 Å². The Hall–Kier alpha value is -0.200. The Morgan fingerprint density at radius 1 is 1.07 bits per heavy atom. The van der Waals surface area contributed by atoms with Gasteiger partial charge >= 0.3 is 0 Å². The van der Waals surface area contributed by atoms with Gasteiger partial charge < -0.3 is 26.8 Å². The summed E-state index contributed by atoms with van der Waals surface area (Å²) in [5, 5.41) is 28.3. The van der Waals surface area contributed by atoms with Crippen LogP contribution in [0, 0.1) is 5.41 Å². The fourth-order valence-corrected chi connectivity index (χ4v) is 1.09. The molecule has 5 heteroatoms. The van der Waals surface area contributed by atoms with E-state index in [9.17, 15) is 15.3 Å². The summed E-state index contributed by atoms with van der Waals surface area (Å²) in [6.07, 6.45) is -3.61. The zero-order valence-electron chi connectivity index (χ0n) is 9.01. The van der Waals surface area contributed by atoms with Gasteiger partial charge in [-0.25, -0.2) is 0 Å². The second-order valence-electron chi connectivity index (χ2n) is 4.68. The first-order valence-electron chi connectivity index (χ1n) is 4.71. The Morgan fingerprint density at radius 3 is 1.79 bits per heavy atom. The summed E-state index contributed by atoms with van der Waals surface area (Å²) in [5.74, 6) is 0. The van der Waals surface area contributed by atoms with E-state index in [4.69, 9.17) is 11.5 Å². The largest absolute Gasteiger partial charge is 0.389 e. The summed E-state index contributed by atoms with van der Waals surface area (Å²) in [4.78, 5) is 0. The summed E-state index contributed by atoms with van der Waals surface area (Å²) in [5.41, 5.74) is 10.5. The van der Waals surface area contributed by atoms with Crippen molar-refractivity contribution in [2.24, 2.45) is 16.9 Å². The van der Waals surface area contributed by atoms with E-state index < -0.39 is 24.4 Å². The third-order valence-electron chi connectivity index (χ3n) is 2.35. The summed E-state index contributed by atoms with van der Waals surface area (Å²) in [6.45, 7) is 5.45. The molecule has 0 saturated carbocycles. The Morgan fingerprint density at radius 2 is 1.50 bits per heavy atom. The Kier molecular flexibility index (Phi) is 4.97. The predicted octanol–water partition coefficient (Wildman–Crippen LogP) is -1.60. The molecule has 0 aliphatic rings. The maximum Gasteiger partial charge on any atom is 0.108 e. The molecule has 0 aliphatic heterocycles. The minimum absolute atomic E-state index is 0.102. The van der Waals surface area contributed by atoms with Gasteiger partial charge in [-0.2, -0.15) is 0 Å². The van der Waals surface area contributed by atoms with Crippen molar-refractivity contribution in [2.75, 3.05) is 6.54 Å². The van der Waals surface area contributed by atoms with Crippen molar-refractivity contribution in [3.05, 3.63) is 0 Å². The van der Waals surface area contributed by atoms with Gasteiger partial charge in [0.05, 0.1) is 12.2 Å². The highest BCUT2D eigenvalue weighted by Crippen LogP contribution is 2.22. The highest BCUT2D eigenvalue weighted by Gasteiger charge is 2.34. The first-order chi connectivity index (χ1) is 6.21. The molecule has 0 aliphatic carbocycles. The average molecular weight is 206 g/mol. The summed E-state index contributed by atoms with van der Waals surface area (Å²) in [6, 6.07) is -0.612. The first-order valence-corrected chi connectivity index (χ1v) is 4.71. The number of hydrogen-bond acceptors (Lipinski definition) is 5. The first kappa shape index (κ1) is 13.8. The predicted molar refractivity (Wildman–Crippen MR) is 54.5 cm³/mol. The third-order valence-corrected chi connectivity index (χ3v) is 2.35. The molecule has 0 spiro atoms. The molecule has 0 saturated heterocycles. The molecule has 0 heterocycles. The van der Waals surface area contributed by atoms with E-state index in [-0.39, 0.29) is 12.0 Å². The van der Waals surface area contributed by atoms with E-state index in [0.29, 0.717) is 0 Å².